The molecule has 0 spiro atoms. The third kappa shape index (κ3) is 5.34. The highest BCUT2D eigenvalue weighted by Gasteiger charge is 2.40. The minimum absolute atomic E-state index is 0.0529. The van der Waals surface area contributed by atoms with Crippen LogP contribution in [0, 0.1) is 5.41 Å². The van der Waals surface area contributed by atoms with Crippen molar-refractivity contribution in [1.82, 2.24) is 10.3 Å². The zero-order chi connectivity index (χ0) is 23.1. The van der Waals surface area contributed by atoms with E-state index < -0.39 is 5.41 Å². The molecule has 6 nitrogen and oxygen atoms in total. The Morgan fingerprint density at radius 1 is 1.00 bits per heavy atom. The summed E-state index contributed by atoms with van der Waals surface area (Å²) in [6.07, 6.45) is 5.62. The Morgan fingerprint density at radius 2 is 1.67 bits per heavy atom. The van der Waals surface area contributed by atoms with Crippen LogP contribution in [-0.4, -0.2) is 38.3 Å². The summed E-state index contributed by atoms with van der Waals surface area (Å²) in [4.78, 5) is 17.8. The lowest BCUT2D eigenvalue weighted by Crippen LogP contribution is -2.46. The molecule has 0 bridgehead atoms. The first-order valence-electron chi connectivity index (χ1n) is 11.2. The first-order chi connectivity index (χ1) is 16.1. The fourth-order valence-corrected chi connectivity index (χ4v) is 4.44. The smallest absolute Gasteiger partial charge is 0.226 e. The molecule has 0 atom stereocenters. The van der Waals surface area contributed by atoms with Crippen LogP contribution in [0.2, 0.25) is 0 Å². The molecule has 33 heavy (non-hydrogen) atoms. The highest BCUT2D eigenvalue weighted by Crippen LogP contribution is 2.37. The van der Waals surface area contributed by atoms with E-state index in [2.05, 4.69) is 22.4 Å². The van der Waals surface area contributed by atoms with Crippen LogP contribution in [0.4, 0.5) is 0 Å². The average Bonchev–Trinajstić information content (AvgIpc) is 2.88. The maximum atomic E-state index is 13.6. The van der Waals surface area contributed by atoms with Crippen LogP contribution in [-0.2, 0) is 22.5 Å². The molecule has 0 radical (unpaired) electrons. The summed E-state index contributed by atoms with van der Waals surface area (Å²) >= 11 is 0. The Kier molecular flexibility index (Phi) is 7.25. The predicted molar refractivity (Wildman–Crippen MR) is 127 cm³/mol. The quantitative estimate of drug-likeness (QED) is 0.555. The molecule has 1 fully saturated rings. The molecule has 0 aliphatic carbocycles. The summed E-state index contributed by atoms with van der Waals surface area (Å²) in [7, 11) is 3.24. The summed E-state index contributed by atoms with van der Waals surface area (Å²) in [5.74, 6) is 1.45. The third-order valence-electron chi connectivity index (χ3n) is 6.33. The second-order valence-electron chi connectivity index (χ2n) is 8.37. The second kappa shape index (κ2) is 10.5. The van der Waals surface area contributed by atoms with E-state index in [0.717, 1.165) is 22.3 Å². The van der Waals surface area contributed by atoms with Crippen LogP contribution in [0.25, 0.3) is 11.1 Å². The highest BCUT2D eigenvalue weighted by molar-refractivity contribution is 5.83. The Morgan fingerprint density at radius 3 is 2.33 bits per heavy atom. The SMILES string of the molecule is COc1cc(CNC(=O)C2(Cc3ccccc3-c3ccncc3)CCOCC2)cc(OC)c1. The van der Waals surface area contributed by atoms with E-state index in [1.807, 2.05) is 42.5 Å². The number of methoxy groups -OCH3 is 2. The molecule has 1 aliphatic heterocycles. The van der Waals surface area contributed by atoms with Crippen LogP contribution < -0.4 is 14.8 Å². The molecule has 1 saturated heterocycles. The number of benzene rings is 2. The molecular formula is C27H30N2O4. The number of amides is 1. The number of hydrogen-bond acceptors (Lipinski definition) is 5. The monoisotopic (exact) mass is 446 g/mol. The molecule has 1 aromatic heterocycles. The Hall–Kier alpha value is -3.38. The van der Waals surface area contributed by atoms with Gasteiger partial charge < -0.3 is 19.5 Å². The van der Waals surface area contributed by atoms with Crippen molar-refractivity contribution in [3.8, 4) is 22.6 Å². The van der Waals surface area contributed by atoms with Gasteiger partial charge in [-0.25, -0.2) is 0 Å². The molecule has 6 heteroatoms. The van der Waals surface area contributed by atoms with Crippen molar-refractivity contribution in [2.24, 2.45) is 5.41 Å². The summed E-state index contributed by atoms with van der Waals surface area (Å²) in [5, 5.41) is 3.18. The van der Waals surface area contributed by atoms with Gasteiger partial charge in [0.05, 0.1) is 19.6 Å². The number of carbonyl (C=O) groups excluding carboxylic acids is 1. The van der Waals surface area contributed by atoms with Gasteiger partial charge >= 0.3 is 0 Å². The van der Waals surface area contributed by atoms with Crippen molar-refractivity contribution in [2.45, 2.75) is 25.8 Å². The van der Waals surface area contributed by atoms with Gasteiger partial charge in [-0.3, -0.25) is 9.78 Å². The summed E-state index contributed by atoms with van der Waals surface area (Å²) in [6, 6.07) is 18.0. The number of nitrogens with one attached hydrogen (secondary N) is 1. The topological polar surface area (TPSA) is 69.7 Å². The van der Waals surface area contributed by atoms with Crippen LogP contribution in [0.15, 0.2) is 67.0 Å². The Labute approximate surface area is 194 Å². The Balaban J connectivity index is 1.57. The van der Waals surface area contributed by atoms with E-state index in [-0.39, 0.29) is 5.91 Å². The molecule has 0 unspecified atom stereocenters. The molecule has 1 aliphatic rings. The summed E-state index contributed by atoms with van der Waals surface area (Å²) in [6.45, 7) is 1.57. The van der Waals surface area contributed by atoms with Crippen molar-refractivity contribution < 1.29 is 19.0 Å². The molecule has 1 amide bonds. The summed E-state index contributed by atoms with van der Waals surface area (Å²) in [5.41, 5.74) is 3.80. The van der Waals surface area contributed by atoms with E-state index in [1.54, 1.807) is 26.6 Å². The summed E-state index contributed by atoms with van der Waals surface area (Å²) < 4.78 is 16.4. The van der Waals surface area contributed by atoms with Gasteiger partial charge in [-0.2, -0.15) is 0 Å². The van der Waals surface area contributed by atoms with E-state index in [9.17, 15) is 4.79 Å². The molecule has 4 rings (SSSR count). The van der Waals surface area contributed by atoms with Gasteiger partial charge in [0.25, 0.3) is 0 Å². The van der Waals surface area contributed by atoms with Crippen molar-refractivity contribution in [2.75, 3.05) is 27.4 Å². The maximum Gasteiger partial charge on any atom is 0.226 e. The standard InChI is InChI=1S/C27H30N2O4/c1-31-23-15-20(16-24(17-23)32-2)19-29-26(30)27(9-13-33-14-10-27)18-22-5-3-4-6-25(22)21-7-11-28-12-8-21/h3-8,11-12,15-17H,9-10,13-14,18-19H2,1-2H3,(H,29,30). The number of carbonyl (C=O) groups is 1. The van der Waals surface area contributed by atoms with E-state index >= 15 is 0 Å². The van der Waals surface area contributed by atoms with Gasteiger partial charge in [-0.15, -0.1) is 0 Å². The fraction of sp³-hybridized carbons (Fsp3) is 0.333. The number of ether oxygens (including phenoxy) is 3. The zero-order valence-electron chi connectivity index (χ0n) is 19.2. The van der Waals surface area contributed by atoms with Crippen LogP contribution >= 0.6 is 0 Å². The van der Waals surface area contributed by atoms with Crippen molar-refractivity contribution >= 4 is 5.91 Å². The highest BCUT2D eigenvalue weighted by atomic mass is 16.5. The van der Waals surface area contributed by atoms with Gasteiger partial charge in [0.1, 0.15) is 11.5 Å². The molecule has 0 saturated carbocycles. The normalized spacial score (nSPS) is 15.0. The molecule has 2 aromatic carbocycles. The molecule has 172 valence electrons. The zero-order valence-corrected chi connectivity index (χ0v) is 19.2. The van der Waals surface area contributed by atoms with E-state index in [4.69, 9.17) is 14.2 Å². The number of rotatable bonds is 8. The molecule has 2 heterocycles. The molecular weight excluding hydrogens is 416 g/mol. The van der Waals surface area contributed by atoms with Crippen LogP contribution in [0.1, 0.15) is 24.0 Å². The van der Waals surface area contributed by atoms with Crippen LogP contribution in [0.3, 0.4) is 0 Å². The van der Waals surface area contributed by atoms with Gasteiger partial charge in [0.15, 0.2) is 0 Å². The lowest BCUT2D eigenvalue weighted by atomic mass is 9.73. The third-order valence-corrected chi connectivity index (χ3v) is 6.33. The van der Waals surface area contributed by atoms with Crippen LogP contribution in [0.5, 0.6) is 11.5 Å². The molecule has 1 N–H and O–H groups in total. The first-order valence-corrected chi connectivity index (χ1v) is 11.2. The fourth-order valence-electron chi connectivity index (χ4n) is 4.44. The number of aromatic nitrogens is 1. The van der Waals surface area contributed by atoms with Crippen molar-refractivity contribution in [3.05, 3.63) is 78.1 Å². The largest absolute Gasteiger partial charge is 0.497 e. The second-order valence-corrected chi connectivity index (χ2v) is 8.37. The van der Waals surface area contributed by atoms with Crippen molar-refractivity contribution in [1.29, 1.82) is 0 Å². The lowest BCUT2D eigenvalue weighted by Gasteiger charge is -2.36. The van der Waals surface area contributed by atoms with E-state index in [0.29, 0.717) is 50.5 Å². The Bertz CT molecular complexity index is 1060. The van der Waals surface area contributed by atoms with Gasteiger partial charge in [0.2, 0.25) is 5.91 Å². The maximum absolute atomic E-state index is 13.6. The predicted octanol–water partition coefficient (Wildman–Crippen LogP) is 4.42. The molecule has 3 aromatic rings. The lowest BCUT2D eigenvalue weighted by molar-refractivity contribution is -0.136. The van der Waals surface area contributed by atoms with Gasteiger partial charge in [-0.05, 0) is 65.8 Å². The first kappa shape index (κ1) is 22.8. The minimum atomic E-state index is -0.523. The number of pyridine rings is 1. The van der Waals surface area contributed by atoms with Crippen molar-refractivity contribution in [3.63, 3.8) is 0 Å². The van der Waals surface area contributed by atoms with E-state index in [1.165, 1.54) is 0 Å². The number of nitrogens with zero attached hydrogens (tertiary/aromatic N) is 1. The van der Waals surface area contributed by atoms with Gasteiger partial charge in [-0.1, -0.05) is 24.3 Å². The minimum Gasteiger partial charge on any atom is -0.497 e. The number of hydrogen-bond donors (Lipinski definition) is 1. The average molecular weight is 447 g/mol. The van der Waals surface area contributed by atoms with Gasteiger partial charge in [0, 0.05) is 38.2 Å².